The highest BCUT2D eigenvalue weighted by molar-refractivity contribution is 9.11. The van der Waals surface area contributed by atoms with Crippen LogP contribution in [-0.2, 0) is 4.74 Å². The Morgan fingerprint density at radius 3 is 3.12 bits per heavy atom. The molecule has 94 valence electrons. The molecule has 2 atom stereocenters. The molecule has 1 aliphatic rings. The number of carbonyl (C=O) groups is 1. The number of carbonyl (C=O) groups excluding carboxylic acids is 1. The van der Waals surface area contributed by atoms with Gasteiger partial charge in [0.05, 0.1) is 34.0 Å². The second-order valence-electron chi connectivity index (χ2n) is 4.06. The summed E-state index contributed by atoms with van der Waals surface area (Å²) in [5.41, 5.74) is 0.726. The highest BCUT2D eigenvalue weighted by atomic mass is 79.9. The van der Waals surface area contributed by atoms with E-state index in [0.717, 1.165) is 9.35 Å². The lowest BCUT2D eigenvalue weighted by Crippen LogP contribution is -2.51. The van der Waals surface area contributed by atoms with Crippen LogP contribution in [-0.4, -0.2) is 42.0 Å². The molecule has 1 aliphatic heterocycles. The fourth-order valence-corrected chi connectivity index (χ4v) is 3.10. The first-order valence-corrected chi connectivity index (χ1v) is 7.55. The molecule has 1 amide bonds. The highest BCUT2D eigenvalue weighted by Crippen LogP contribution is 2.23. The Morgan fingerprint density at radius 1 is 1.76 bits per heavy atom. The van der Waals surface area contributed by atoms with E-state index in [4.69, 9.17) is 16.3 Å². The predicted octanol–water partition coefficient (Wildman–Crippen LogP) is 2.98. The lowest BCUT2D eigenvalue weighted by atomic mass is 10.1. The van der Waals surface area contributed by atoms with Gasteiger partial charge >= 0.3 is 0 Å². The van der Waals surface area contributed by atoms with E-state index in [1.165, 1.54) is 11.3 Å². The van der Waals surface area contributed by atoms with Crippen molar-refractivity contribution >= 4 is 44.8 Å². The minimum Gasteiger partial charge on any atom is -0.373 e. The predicted molar refractivity (Wildman–Crippen MR) is 73.0 cm³/mol. The van der Waals surface area contributed by atoms with Crippen molar-refractivity contribution in [2.75, 3.05) is 19.0 Å². The number of nitrogens with zero attached hydrogens (tertiary/aromatic N) is 1. The molecule has 1 fully saturated rings. The van der Waals surface area contributed by atoms with Crippen LogP contribution in [0.5, 0.6) is 0 Å². The monoisotopic (exact) mass is 337 g/mol. The molecule has 3 nitrogen and oxygen atoms in total. The molecular weight excluding hydrogens is 326 g/mol. The summed E-state index contributed by atoms with van der Waals surface area (Å²) in [6.07, 6.45) is -0.0566. The summed E-state index contributed by atoms with van der Waals surface area (Å²) in [6, 6.07) is 1.95. The van der Waals surface area contributed by atoms with Crippen molar-refractivity contribution in [1.29, 1.82) is 0 Å². The number of alkyl halides is 1. The van der Waals surface area contributed by atoms with Gasteiger partial charge in [-0.1, -0.05) is 0 Å². The molecule has 0 radical (unpaired) electrons. The van der Waals surface area contributed by atoms with Gasteiger partial charge in [0.15, 0.2) is 0 Å². The molecular formula is C11H13BrClNO2S. The standard InChI is InChI=1S/C11H13BrClNO2S/c1-7-5-16-9(3-13)4-14(7)11(15)8-2-10(12)17-6-8/h2,6-7,9H,3-5H2,1H3. The molecule has 1 saturated heterocycles. The smallest absolute Gasteiger partial charge is 0.255 e. The van der Waals surface area contributed by atoms with Crippen molar-refractivity contribution in [2.45, 2.75) is 19.1 Å². The van der Waals surface area contributed by atoms with Gasteiger partial charge in [-0.05, 0) is 28.9 Å². The maximum Gasteiger partial charge on any atom is 0.255 e. The highest BCUT2D eigenvalue weighted by Gasteiger charge is 2.30. The fourth-order valence-electron chi connectivity index (χ4n) is 1.78. The number of halogens is 2. The minimum atomic E-state index is -0.0566. The Balaban J connectivity index is 2.12. The van der Waals surface area contributed by atoms with Crippen LogP contribution in [0.25, 0.3) is 0 Å². The summed E-state index contributed by atoms with van der Waals surface area (Å²) in [6.45, 7) is 3.11. The molecule has 0 spiro atoms. The quantitative estimate of drug-likeness (QED) is 0.776. The van der Waals surface area contributed by atoms with Gasteiger partial charge in [-0.3, -0.25) is 4.79 Å². The van der Waals surface area contributed by atoms with Crippen LogP contribution >= 0.6 is 38.9 Å². The topological polar surface area (TPSA) is 29.5 Å². The van der Waals surface area contributed by atoms with Crippen LogP contribution in [0, 0.1) is 0 Å². The van der Waals surface area contributed by atoms with Crippen molar-refractivity contribution in [3.8, 4) is 0 Å². The third-order valence-corrected chi connectivity index (χ3v) is 4.60. The first kappa shape index (κ1) is 13.3. The number of hydrogen-bond acceptors (Lipinski definition) is 3. The zero-order chi connectivity index (χ0) is 12.4. The van der Waals surface area contributed by atoms with Crippen molar-refractivity contribution < 1.29 is 9.53 Å². The van der Waals surface area contributed by atoms with E-state index >= 15 is 0 Å². The van der Waals surface area contributed by atoms with E-state index in [-0.39, 0.29) is 18.1 Å². The van der Waals surface area contributed by atoms with Crippen LogP contribution in [0.4, 0.5) is 0 Å². The second-order valence-corrected chi connectivity index (χ2v) is 6.65. The van der Waals surface area contributed by atoms with Gasteiger partial charge in [0, 0.05) is 11.9 Å². The molecule has 2 unspecified atom stereocenters. The van der Waals surface area contributed by atoms with Gasteiger partial charge in [0.25, 0.3) is 5.91 Å². The van der Waals surface area contributed by atoms with Crippen LogP contribution in [0.1, 0.15) is 17.3 Å². The van der Waals surface area contributed by atoms with E-state index in [2.05, 4.69) is 15.9 Å². The number of thiophene rings is 1. The molecule has 0 saturated carbocycles. The average molecular weight is 339 g/mol. The molecule has 0 bridgehead atoms. The number of rotatable bonds is 2. The molecule has 1 aromatic heterocycles. The van der Waals surface area contributed by atoms with Crippen molar-refractivity contribution in [2.24, 2.45) is 0 Å². The zero-order valence-electron chi connectivity index (χ0n) is 9.36. The van der Waals surface area contributed by atoms with E-state index in [9.17, 15) is 4.79 Å². The Bertz CT molecular complexity index is 412. The van der Waals surface area contributed by atoms with Crippen LogP contribution in [0.3, 0.4) is 0 Å². The summed E-state index contributed by atoms with van der Waals surface area (Å²) in [7, 11) is 0. The average Bonchev–Trinajstić information content (AvgIpc) is 2.76. The maximum atomic E-state index is 12.3. The molecule has 0 aromatic carbocycles. The van der Waals surface area contributed by atoms with Gasteiger partial charge in [-0.2, -0.15) is 0 Å². The Hall–Kier alpha value is -0.100. The molecule has 1 aromatic rings. The second kappa shape index (κ2) is 5.69. The Labute approximate surface area is 118 Å². The van der Waals surface area contributed by atoms with Gasteiger partial charge in [0.2, 0.25) is 0 Å². The number of hydrogen-bond donors (Lipinski definition) is 0. The van der Waals surface area contributed by atoms with E-state index in [0.29, 0.717) is 19.0 Å². The summed E-state index contributed by atoms with van der Waals surface area (Å²) < 4.78 is 6.50. The normalized spacial score (nSPS) is 25.0. The van der Waals surface area contributed by atoms with Crippen LogP contribution in [0.2, 0.25) is 0 Å². The molecule has 6 heteroatoms. The number of ether oxygens (including phenoxy) is 1. The fraction of sp³-hybridized carbons (Fsp3) is 0.545. The first-order valence-electron chi connectivity index (χ1n) is 5.34. The van der Waals surface area contributed by atoms with Crippen molar-refractivity contribution in [3.05, 3.63) is 20.8 Å². The molecule has 2 heterocycles. The third kappa shape index (κ3) is 3.02. The maximum absolute atomic E-state index is 12.3. The van der Waals surface area contributed by atoms with Gasteiger partial charge < -0.3 is 9.64 Å². The number of morpholine rings is 1. The van der Waals surface area contributed by atoms with E-state index in [1.54, 1.807) is 0 Å². The van der Waals surface area contributed by atoms with Crippen LogP contribution < -0.4 is 0 Å². The zero-order valence-corrected chi connectivity index (χ0v) is 12.5. The lowest BCUT2D eigenvalue weighted by Gasteiger charge is -2.37. The number of amides is 1. The SMILES string of the molecule is CC1COC(CCl)CN1C(=O)c1csc(Br)c1. The van der Waals surface area contributed by atoms with Gasteiger partial charge in [-0.25, -0.2) is 0 Å². The van der Waals surface area contributed by atoms with Crippen LogP contribution in [0.15, 0.2) is 15.2 Å². The van der Waals surface area contributed by atoms with Crippen molar-refractivity contribution in [3.63, 3.8) is 0 Å². The molecule has 0 N–H and O–H groups in total. The minimum absolute atomic E-state index is 0.0536. The Morgan fingerprint density at radius 2 is 2.53 bits per heavy atom. The summed E-state index contributed by atoms with van der Waals surface area (Å²) in [4.78, 5) is 14.1. The van der Waals surface area contributed by atoms with Gasteiger partial charge in [0.1, 0.15) is 0 Å². The lowest BCUT2D eigenvalue weighted by molar-refractivity contribution is -0.0371. The van der Waals surface area contributed by atoms with E-state index < -0.39 is 0 Å². The van der Waals surface area contributed by atoms with Crippen molar-refractivity contribution in [1.82, 2.24) is 4.90 Å². The third-order valence-electron chi connectivity index (χ3n) is 2.75. The largest absolute Gasteiger partial charge is 0.373 e. The molecule has 2 rings (SSSR count). The summed E-state index contributed by atoms with van der Waals surface area (Å²) >= 11 is 10.7. The molecule has 0 aliphatic carbocycles. The van der Waals surface area contributed by atoms with E-state index in [1.807, 2.05) is 23.3 Å². The molecule has 17 heavy (non-hydrogen) atoms. The van der Waals surface area contributed by atoms with Gasteiger partial charge in [-0.15, -0.1) is 22.9 Å². The summed E-state index contributed by atoms with van der Waals surface area (Å²) in [5.74, 6) is 0.474. The summed E-state index contributed by atoms with van der Waals surface area (Å²) in [5, 5.41) is 1.87. The Kier molecular flexibility index (Phi) is 4.47. The first-order chi connectivity index (χ1) is 8.11.